The molecule has 0 aromatic carbocycles. The molecule has 0 fully saturated rings. The highest BCUT2D eigenvalue weighted by Crippen LogP contribution is 2.45. The number of hydrogen-bond acceptors (Lipinski definition) is 15. The maximum absolute atomic E-state index is 13.0. The first-order chi connectivity index (χ1) is 43.1. The van der Waals surface area contributed by atoms with Gasteiger partial charge in [-0.25, -0.2) is 9.13 Å². The van der Waals surface area contributed by atoms with Crippen LogP contribution in [-0.2, 0) is 65.4 Å². The molecule has 0 saturated carbocycles. The van der Waals surface area contributed by atoms with Gasteiger partial charge in [0, 0.05) is 25.7 Å². The van der Waals surface area contributed by atoms with E-state index in [9.17, 15) is 43.2 Å². The van der Waals surface area contributed by atoms with Crippen molar-refractivity contribution < 1.29 is 80.2 Å². The molecule has 0 spiro atoms. The number of phosphoric ester groups is 2. The molecular formula is C70H136O17P2. The van der Waals surface area contributed by atoms with E-state index in [1.54, 1.807) is 0 Å². The molecule has 0 aromatic rings. The van der Waals surface area contributed by atoms with E-state index >= 15 is 0 Å². The lowest BCUT2D eigenvalue weighted by atomic mass is 9.99. The monoisotopic (exact) mass is 1310 g/mol. The minimum atomic E-state index is -4.95. The van der Waals surface area contributed by atoms with Gasteiger partial charge in [0.2, 0.25) is 0 Å². The molecule has 3 unspecified atom stereocenters. The number of carbonyl (C=O) groups excluding carboxylic acids is 4. The van der Waals surface area contributed by atoms with Crippen LogP contribution in [0.3, 0.4) is 0 Å². The van der Waals surface area contributed by atoms with Crippen LogP contribution in [-0.4, -0.2) is 96.7 Å². The molecule has 0 radical (unpaired) electrons. The number of aliphatic hydroxyl groups excluding tert-OH is 1. The minimum Gasteiger partial charge on any atom is -0.462 e. The van der Waals surface area contributed by atoms with Gasteiger partial charge >= 0.3 is 39.5 Å². The standard InChI is InChI=1S/C70H136O17P2/c1-6-10-13-16-19-22-24-26-27-28-30-36-41-46-51-56-70(75)87-66(60-81-68(73)54-49-44-39-34-32-31-33-37-42-47-52-63(5)9-4)62-85-89(78,79)83-58-64(71)57-82-88(76,77)84-61-65(59-80-67(72)53-48-43-38-21-18-15-12-8-3)86-69(74)55-50-45-40-35-29-25-23-20-17-14-11-7-2/h63-66,71H,6-62H2,1-5H3,(H,76,77)(H,78,79)/t63?,64-,65+,66+/m0/s1. The Balaban J connectivity index is 5.23. The predicted molar refractivity (Wildman–Crippen MR) is 358 cm³/mol. The second-order valence-electron chi connectivity index (χ2n) is 25.5. The van der Waals surface area contributed by atoms with Gasteiger partial charge in [0.05, 0.1) is 26.4 Å². The molecule has 17 nitrogen and oxygen atoms in total. The lowest BCUT2D eigenvalue weighted by Crippen LogP contribution is -2.30. The van der Waals surface area contributed by atoms with Gasteiger partial charge in [-0.3, -0.25) is 37.3 Å². The van der Waals surface area contributed by atoms with Crippen LogP contribution in [0.25, 0.3) is 0 Å². The van der Waals surface area contributed by atoms with E-state index in [-0.39, 0.29) is 25.7 Å². The van der Waals surface area contributed by atoms with Gasteiger partial charge in [0.25, 0.3) is 0 Å². The van der Waals surface area contributed by atoms with Crippen LogP contribution < -0.4 is 0 Å². The van der Waals surface area contributed by atoms with Gasteiger partial charge in [0.15, 0.2) is 12.2 Å². The van der Waals surface area contributed by atoms with Crippen molar-refractivity contribution in [3.05, 3.63) is 0 Å². The highest BCUT2D eigenvalue weighted by atomic mass is 31.2. The van der Waals surface area contributed by atoms with Crippen LogP contribution in [0.5, 0.6) is 0 Å². The zero-order valence-corrected chi connectivity index (χ0v) is 59.4. The SMILES string of the molecule is CCCCCCCCCCCCCCCCCC(=O)O[C@H](COC(=O)CCCCCCCCCCCCC(C)CC)COP(=O)(O)OC[C@@H](O)COP(=O)(O)OC[C@@H](COC(=O)CCCCCCCCCC)OC(=O)CCCCCCCCCCCCCC. The van der Waals surface area contributed by atoms with Crippen molar-refractivity contribution >= 4 is 39.5 Å². The fourth-order valence-corrected chi connectivity index (χ4v) is 12.2. The zero-order chi connectivity index (χ0) is 65.6. The average molecular weight is 1310 g/mol. The summed E-state index contributed by atoms with van der Waals surface area (Å²) in [6, 6.07) is 0. The molecule has 0 saturated heterocycles. The fraction of sp³-hybridized carbons (Fsp3) is 0.943. The third kappa shape index (κ3) is 63.2. The highest BCUT2D eigenvalue weighted by Gasteiger charge is 2.30. The molecule has 0 aliphatic carbocycles. The van der Waals surface area contributed by atoms with E-state index in [0.29, 0.717) is 25.7 Å². The molecular weight excluding hydrogens is 1170 g/mol. The summed E-state index contributed by atoms with van der Waals surface area (Å²) in [7, 11) is -9.90. The summed E-state index contributed by atoms with van der Waals surface area (Å²) in [6.07, 6.45) is 49.8. The minimum absolute atomic E-state index is 0.107. The van der Waals surface area contributed by atoms with Gasteiger partial charge in [-0.1, -0.05) is 311 Å². The molecule has 89 heavy (non-hydrogen) atoms. The topological polar surface area (TPSA) is 237 Å². The molecule has 0 rings (SSSR count). The molecule has 3 N–H and O–H groups in total. The number of esters is 4. The lowest BCUT2D eigenvalue weighted by molar-refractivity contribution is -0.161. The largest absolute Gasteiger partial charge is 0.472 e. The van der Waals surface area contributed by atoms with Crippen LogP contribution in [0.15, 0.2) is 0 Å². The molecule has 0 aliphatic heterocycles. The van der Waals surface area contributed by atoms with Gasteiger partial charge in [0.1, 0.15) is 19.3 Å². The molecule has 0 heterocycles. The number of rotatable bonds is 70. The van der Waals surface area contributed by atoms with Crippen molar-refractivity contribution in [2.24, 2.45) is 5.92 Å². The van der Waals surface area contributed by atoms with Crippen molar-refractivity contribution in [2.75, 3.05) is 39.6 Å². The molecule has 0 amide bonds. The summed E-state index contributed by atoms with van der Waals surface area (Å²) in [6.45, 7) is 7.26. The molecule has 6 atom stereocenters. The Morgan fingerprint density at radius 2 is 0.539 bits per heavy atom. The number of hydrogen-bond donors (Lipinski definition) is 3. The first-order valence-electron chi connectivity index (χ1n) is 36.7. The summed E-state index contributed by atoms with van der Waals surface area (Å²) in [5.74, 6) is -1.31. The maximum atomic E-state index is 13.0. The first-order valence-corrected chi connectivity index (χ1v) is 39.7. The number of carbonyl (C=O) groups is 4. The van der Waals surface area contributed by atoms with Crippen LogP contribution in [0.4, 0.5) is 0 Å². The van der Waals surface area contributed by atoms with E-state index in [4.69, 9.17) is 37.0 Å². The van der Waals surface area contributed by atoms with Crippen molar-refractivity contribution in [2.45, 2.75) is 380 Å². The van der Waals surface area contributed by atoms with E-state index in [1.165, 1.54) is 180 Å². The van der Waals surface area contributed by atoms with E-state index < -0.39 is 97.5 Å². The third-order valence-corrected chi connectivity index (χ3v) is 18.5. The van der Waals surface area contributed by atoms with E-state index in [1.807, 2.05) is 0 Å². The summed E-state index contributed by atoms with van der Waals surface area (Å²) in [5.41, 5.74) is 0. The highest BCUT2D eigenvalue weighted by molar-refractivity contribution is 7.47. The van der Waals surface area contributed by atoms with Crippen molar-refractivity contribution in [1.82, 2.24) is 0 Å². The quantitative estimate of drug-likeness (QED) is 0.0222. The Hall–Kier alpha value is -1.94. The third-order valence-electron chi connectivity index (χ3n) is 16.6. The van der Waals surface area contributed by atoms with Crippen LogP contribution in [0, 0.1) is 5.92 Å². The summed E-state index contributed by atoms with van der Waals surface area (Å²) >= 11 is 0. The summed E-state index contributed by atoms with van der Waals surface area (Å²) < 4.78 is 68.2. The van der Waals surface area contributed by atoms with Crippen LogP contribution >= 0.6 is 15.6 Å². The molecule has 0 aliphatic rings. The fourth-order valence-electron chi connectivity index (χ4n) is 10.6. The molecule has 528 valence electrons. The van der Waals surface area contributed by atoms with Crippen LogP contribution in [0.1, 0.15) is 362 Å². The average Bonchev–Trinajstić information content (AvgIpc) is 3.69. The maximum Gasteiger partial charge on any atom is 0.472 e. The number of phosphoric acid groups is 2. The predicted octanol–water partition coefficient (Wildman–Crippen LogP) is 20.1. The molecule has 0 bridgehead atoms. The Morgan fingerprint density at radius 1 is 0.315 bits per heavy atom. The smallest absolute Gasteiger partial charge is 0.462 e. The van der Waals surface area contributed by atoms with Gasteiger partial charge in [-0.05, 0) is 31.6 Å². The van der Waals surface area contributed by atoms with Gasteiger partial charge < -0.3 is 33.8 Å². The molecule has 19 heteroatoms. The Labute approximate surface area is 543 Å². The van der Waals surface area contributed by atoms with Crippen molar-refractivity contribution in [3.63, 3.8) is 0 Å². The Kier molecular flexibility index (Phi) is 62.1. The van der Waals surface area contributed by atoms with Gasteiger partial charge in [-0.15, -0.1) is 0 Å². The van der Waals surface area contributed by atoms with Crippen molar-refractivity contribution in [3.8, 4) is 0 Å². The van der Waals surface area contributed by atoms with Crippen LogP contribution in [0.2, 0.25) is 0 Å². The Bertz CT molecular complexity index is 1720. The van der Waals surface area contributed by atoms with Gasteiger partial charge in [-0.2, -0.15) is 0 Å². The Morgan fingerprint density at radius 3 is 0.798 bits per heavy atom. The van der Waals surface area contributed by atoms with E-state index in [2.05, 4.69) is 34.6 Å². The summed E-state index contributed by atoms with van der Waals surface area (Å²) in [5, 5.41) is 10.6. The van der Waals surface area contributed by atoms with Crippen molar-refractivity contribution in [1.29, 1.82) is 0 Å². The number of unbranched alkanes of at least 4 members (excludes halogenated alkanes) is 41. The zero-order valence-electron chi connectivity index (χ0n) is 57.6. The second kappa shape index (κ2) is 63.5. The summed E-state index contributed by atoms with van der Waals surface area (Å²) in [4.78, 5) is 72.5. The molecule has 0 aromatic heterocycles. The number of aliphatic hydroxyl groups is 1. The lowest BCUT2D eigenvalue weighted by Gasteiger charge is -2.21. The van der Waals surface area contributed by atoms with E-state index in [0.717, 1.165) is 102 Å². The number of ether oxygens (including phenoxy) is 4. The second-order valence-corrected chi connectivity index (χ2v) is 28.4. The normalized spacial score (nSPS) is 14.4. The first kappa shape index (κ1) is 87.1.